The van der Waals surface area contributed by atoms with Crippen molar-refractivity contribution in [3.05, 3.63) is 12.2 Å². The summed E-state index contributed by atoms with van der Waals surface area (Å²) in [4.78, 5) is 11.5. The molecule has 2 nitrogen and oxygen atoms in total. The van der Waals surface area contributed by atoms with Crippen LogP contribution in [0, 0.1) is 17.8 Å². The first-order chi connectivity index (χ1) is 7.29. The van der Waals surface area contributed by atoms with Gasteiger partial charge in [-0.25, -0.2) is 0 Å². The van der Waals surface area contributed by atoms with E-state index in [4.69, 9.17) is 4.74 Å². The van der Waals surface area contributed by atoms with Crippen molar-refractivity contribution in [3.63, 3.8) is 0 Å². The average Bonchev–Trinajstić information content (AvgIpc) is 2.79. The van der Waals surface area contributed by atoms with Crippen molar-refractivity contribution < 1.29 is 9.53 Å². The molecule has 3 atom stereocenters. The molecule has 0 aliphatic heterocycles. The second-order valence-electron chi connectivity index (χ2n) is 4.82. The number of rotatable bonds is 5. The summed E-state index contributed by atoms with van der Waals surface area (Å²) < 4.78 is 5.19. The van der Waals surface area contributed by atoms with Crippen LogP contribution in [0.25, 0.3) is 0 Å². The molecular weight excluding hydrogens is 188 g/mol. The van der Waals surface area contributed by atoms with Crippen LogP contribution in [0.15, 0.2) is 12.2 Å². The molecule has 0 spiro atoms. The fourth-order valence-corrected chi connectivity index (χ4v) is 2.73. The van der Waals surface area contributed by atoms with Crippen molar-refractivity contribution in [1.29, 1.82) is 0 Å². The standard InChI is InChI=1S/C13H20O2/c1-2-3-6-15-13(14)9-12-8-10-4-5-11(12)7-10/h4-5,10-12H,2-3,6-9H2,1H3. The van der Waals surface area contributed by atoms with Crippen LogP contribution in [-0.2, 0) is 9.53 Å². The number of unbranched alkanes of at least 4 members (excludes halogenated alkanes) is 1. The Morgan fingerprint density at radius 3 is 2.87 bits per heavy atom. The number of fused-ring (bicyclic) bond motifs is 2. The molecule has 1 fully saturated rings. The third kappa shape index (κ3) is 2.61. The minimum Gasteiger partial charge on any atom is -0.466 e. The molecule has 0 amide bonds. The molecule has 0 radical (unpaired) electrons. The summed E-state index contributed by atoms with van der Waals surface area (Å²) in [7, 11) is 0. The molecule has 0 saturated heterocycles. The van der Waals surface area contributed by atoms with Crippen LogP contribution < -0.4 is 0 Å². The molecule has 2 rings (SSSR count). The van der Waals surface area contributed by atoms with Crippen LogP contribution in [0.5, 0.6) is 0 Å². The highest BCUT2D eigenvalue weighted by Crippen LogP contribution is 2.44. The summed E-state index contributed by atoms with van der Waals surface area (Å²) >= 11 is 0. The number of allylic oxidation sites excluding steroid dienone is 2. The zero-order chi connectivity index (χ0) is 10.7. The molecule has 3 unspecified atom stereocenters. The quantitative estimate of drug-likeness (QED) is 0.394. The number of hydrogen-bond donors (Lipinski definition) is 0. The first kappa shape index (κ1) is 10.7. The number of carbonyl (C=O) groups excluding carboxylic acids is 1. The molecule has 15 heavy (non-hydrogen) atoms. The molecule has 84 valence electrons. The Kier molecular flexibility index (Phi) is 3.45. The van der Waals surface area contributed by atoms with E-state index in [1.54, 1.807) is 0 Å². The van der Waals surface area contributed by atoms with E-state index in [-0.39, 0.29) is 5.97 Å². The second-order valence-corrected chi connectivity index (χ2v) is 4.82. The Balaban J connectivity index is 1.69. The van der Waals surface area contributed by atoms with Crippen molar-refractivity contribution >= 4 is 5.97 Å². The van der Waals surface area contributed by atoms with Crippen LogP contribution >= 0.6 is 0 Å². The van der Waals surface area contributed by atoms with E-state index >= 15 is 0 Å². The number of ether oxygens (including phenoxy) is 1. The summed E-state index contributed by atoms with van der Waals surface area (Å²) in [6.45, 7) is 2.71. The maximum Gasteiger partial charge on any atom is 0.306 e. The van der Waals surface area contributed by atoms with E-state index < -0.39 is 0 Å². The first-order valence-corrected chi connectivity index (χ1v) is 6.13. The topological polar surface area (TPSA) is 26.3 Å². The van der Waals surface area contributed by atoms with Gasteiger partial charge in [0.1, 0.15) is 0 Å². The zero-order valence-electron chi connectivity index (χ0n) is 9.45. The highest BCUT2D eigenvalue weighted by molar-refractivity contribution is 5.69. The third-order valence-electron chi connectivity index (χ3n) is 3.61. The van der Waals surface area contributed by atoms with Crippen LogP contribution in [-0.4, -0.2) is 12.6 Å². The van der Waals surface area contributed by atoms with E-state index in [2.05, 4.69) is 19.1 Å². The molecule has 2 heteroatoms. The van der Waals surface area contributed by atoms with Crippen LogP contribution in [0.2, 0.25) is 0 Å². The summed E-state index contributed by atoms with van der Waals surface area (Å²) in [5.41, 5.74) is 0. The Morgan fingerprint density at radius 2 is 2.27 bits per heavy atom. The van der Waals surface area contributed by atoms with Gasteiger partial charge < -0.3 is 4.74 Å². The van der Waals surface area contributed by atoms with Gasteiger partial charge in [0.15, 0.2) is 0 Å². The van der Waals surface area contributed by atoms with E-state index in [1.165, 1.54) is 12.8 Å². The molecule has 0 aromatic carbocycles. The predicted molar refractivity (Wildman–Crippen MR) is 59.3 cm³/mol. The van der Waals surface area contributed by atoms with Gasteiger partial charge in [0.05, 0.1) is 6.61 Å². The minimum atomic E-state index is 0.00870. The normalized spacial score (nSPS) is 32.2. The largest absolute Gasteiger partial charge is 0.466 e. The van der Waals surface area contributed by atoms with E-state index in [0.717, 1.165) is 18.8 Å². The van der Waals surface area contributed by atoms with E-state index in [0.29, 0.717) is 24.9 Å². The summed E-state index contributed by atoms with van der Waals surface area (Å²) in [6.07, 6.45) is 9.78. The van der Waals surface area contributed by atoms with Crippen molar-refractivity contribution in [2.75, 3.05) is 6.61 Å². The Labute approximate surface area is 91.7 Å². The van der Waals surface area contributed by atoms with Gasteiger partial charge >= 0.3 is 5.97 Å². The number of hydrogen-bond acceptors (Lipinski definition) is 2. The lowest BCUT2D eigenvalue weighted by Crippen LogP contribution is -2.15. The molecule has 0 heterocycles. The van der Waals surface area contributed by atoms with Crippen molar-refractivity contribution in [3.8, 4) is 0 Å². The third-order valence-corrected chi connectivity index (χ3v) is 3.61. The van der Waals surface area contributed by atoms with Gasteiger partial charge in [0.25, 0.3) is 0 Å². The lowest BCUT2D eigenvalue weighted by Gasteiger charge is -2.16. The van der Waals surface area contributed by atoms with Crippen molar-refractivity contribution in [1.82, 2.24) is 0 Å². The van der Waals surface area contributed by atoms with E-state index in [1.807, 2.05) is 0 Å². The fraction of sp³-hybridized carbons (Fsp3) is 0.769. The SMILES string of the molecule is CCCCOC(=O)CC1CC2C=CC1C2. The van der Waals surface area contributed by atoms with Crippen molar-refractivity contribution in [2.45, 2.75) is 39.0 Å². The average molecular weight is 208 g/mol. The van der Waals surface area contributed by atoms with Gasteiger partial charge in [-0.1, -0.05) is 25.5 Å². The maximum atomic E-state index is 11.5. The molecule has 1 saturated carbocycles. The molecule has 2 bridgehead atoms. The van der Waals surface area contributed by atoms with Gasteiger partial charge in [-0.05, 0) is 37.0 Å². The Hall–Kier alpha value is -0.790. The molecular formula is C13H20O2. The summed E-state index contributed by atoms with van der Waals surface area (Å²) in [6, 6.07) is 0. The Bertz CT molecular complexity index is 257. The van der Waals surface area contributed by atoms with Crippen LogP contribution in [0.3, 0.4) is 0 Å². The highest BCUT2D eigenvalue weighted by atomic mass is 16.5. The van der Waals surface area contributed by atoms with Gasteiger partial charge in [-0.3, -0.25) is 4.79 Å². The monoisotopic (exact) mass is 208 g/mol. The molecule has 0 N–H and O–H groups in total. The lowest BCUT2D eigenvalue weighted by atomic mass is 9.91. The van der Waals surface area contributed by atoms with Gasteiger partial charge in [-0.2, -0.15) is 0 Å². The lowest BCUT2D eigenvalue weighted by molar-refractivity contribution is -0.145. The van der Waals surface area contributed by atoms with E-state index in [9.17, 15) is 4.79 Å². The summed E-state index contributed by atoms with van der Waals surface area (Å²) in [5, 5.41) is 0. The molecule has 2 aliphatic carbocycles. The minimum absolute atomic E-state index is 0.00870. The fourth-order valence-electron chi connectivity index (χ4n) is 2.73. The smallest absolute Gasteiger partial charge is 0.306 e. The predicted octanol–water partition coefficient (Wildman–Crippen LogP) is 2.93. The first-order valence-electron chi connectivity index (χ1n) is 6.13. The van der Waals surface area contributed by atoms with Crippen molar-refractivity contribution in [2.24, 2.45) is 17.8 Å². The highest BCUT2D eigenvalue weighted by Gasteiger charge is 2.36. The zero-order valence-corrected chi connectivity index (χ0v) is 9.45. The molecule has 0 aromatic heterocycles. The molecule has 2 aliphatic rings. The van der Waals surface area contributed by atoms with Gasteiger partial charge in [0, 0.05) is 6.42 Å². The van der Waals surface area contributed by atoms with Gasteiger partial charge in [0.2, 0.25) is 0 Å². The van der Waals surface area contributed by atoms with Crippen LogP contribution in [0.1, 0.15) is 39.0 Å². The summed E-state index contributed by atoms with van der Waals surface area (Å²) in [5.74, 6) is 1.99. The number of esters is 1. The number of carbonyl (C=O) groups is 1. The maximum absolute atomic E-state index is 11.5. The Morgan fingerprint density at radius 1 is 1.40 bits per heavy atom. The molecule has 0 aromatic rings. The second kappa shape index (κ2) is 4.82. The van der Waals surface area contributed by atoms with Crippen LogP contribution in [0.4, 0.5) is 0 Å². The van der Waals surface area contributed by atoms with Gasteiger partial charge in [-0.15, -0.1) is 0 Å².